The van der Waals surface area contributed by atoms with Gasteiger partial charge in [-0.25, -0.2) is 0 Å². The summed E-state index contributed by atoms with van der Waals surface area (Å²) in [5.41, 5.74) is 2.87. The highest BCUT2D eigenvalue weighted by Crippen LogP contribution is 2.32. The van der Waals surface area contributed by atoms with E-state index < -0.39 is 0 Å². The van der Waals surface area contributed by atoms with Crippen LogP contribution in [0.2, 0.25) is 0 Å². The van der Waals surface area contributed by atoms with Crippen molar-refractivity contribution in [3.8, 4) is 0 Å². The third kappa shape index (κ3) is 5.52. The summed E-state index contributed by atoms with van der Waals surface area (Å²) < 4.78 is 0. The summed E-state index contributed by atoms with van der Waals surface area (Å²) in [6.07, 6.45) is 0.155. The predicted octanol–water partition coefficient (Wildman–Crippen LogP) is 4.57. The molecule has 0 unspecified atom stereocenters. The van der Waals surface area contributed by atoms with E-state index in [1.165, 1.54) is 13.8 Å². The van der Waals surface area contributed by atoms with Gasteiger partial charge in [-0.1, -0.05) is 51.1 Å². The monoisotopic (exact) mass is 380 g/mol. The molecule has 0 fully saturated rings. The lowest BCUT2D eigenvalue weighted by Gasteiger charge is -2.29. The molecule has 0 bridgehead atoms. The maximum absolute atomic E-state index is 12.4. The van der Waals surface area contributed by atoms with Gasteiger partial charge in [0.05, 0.1) is 0 Å². The molecular formula is C23H28N2O3. The maximum atomic E-state index is 12.4. The SMILES string of the molecule is CC(=O)c1cccc(NC(=O)CCN(C(C)=O)c2ccccc2C(C)(C)C)c1. The van der Waals surface area contributed by atoms with Gasteiger partial charge in [0, 0.05) is 36.8 Å². The first-order valence-electron chi connectivity index (χ1n) is 9.38. The summed E-state index contributed by atoms with van der Waals surface area (Å²) in [7, 11) is 0. The fourth-order valence-corrected chi connectivity index (χ4v) is 3.04. The molecule has 2 amide bonds. The number of nitrogens with zero attached hydrogens (tertiary/aromatic N) is 1. The lowest BCUT2D eigenvalue weighted by Crippen LogP contribution is -2.34. The number of Topliss-reactive ketones (excluding diaryl/α,β-unsaturated/α-hetero) is 1. The molecule has 0 radical (unpaired) electrons. The standard InChI is InChI=1S/C23H28N2O3/c1-16(26)18-9-8-10-19(15-18)24-22(28)13-14-25(17(2)27)21-12-7-6-11-20(21)23(3,4)5/h6-12,15H,13-14H2,1-5H3,(H,24,28). The van der Waals surface area contributed by atoms with E-state index in [1.807, 2.05) is 24.3 Å². The van der Waals surface area contributed by atoms with E-state index in [-0.39, 0.29) is 36.0 Å². The van der Waals surface area contributed by atoms with Crippen LogP contribution in [0, 0.1) is 0 Å². The minimum atomic E-state index is -0.208. The van der Waals surface area contributed by atoms with Crippen molar-refractivity contribution < 1.29 is 14.4 Å². The van der Waals surface area contributed by atoms with Crippen LogP contribution in [0.25, 0.3) is 0 Å². The maximum Gasteiger partial charge on any atom is 0.226 e. The normalized spacial score (nSPS) is 11.0. The van der Waals surface area contributed by atoms with Crippen LogP contribution < -0.4 is 10.2 Å². The molecule has 5 nitrogen and oxygen atoms in total. The zero-order valence-corrected chi connectivity index (χ0v) is 17.2. The summed E-state index contributed by atoms with van der Waals surface area (Å²) in [6, 6.07) is 14.6. The first-order valence-corrected chi connectivity index (χ1v) is 9.38. The Bertz CT molecular complexity index is 881. The predicted molar refractivity (Wildman–Crippen MR) is 113 cm³/mol. The second kappa shape index (κ2) is 8.83. The number of anilines is 2. The Kier molecular flexibility index (Phi) is 6.73. The zero-order chi connectivity index (χ0) is 20.9. The number of para-hydroxylation sites is 1. The van der Waals surface area contributed by atoms with Gasteiger partial charge in [0.1, 0.15) is 0 Å². The van der Waals surface area contributed by atoms with Crippen LogP contribution in [0.4, 0.5) is 11.4 Å². The molecule has 2 aromatic carbocycles. The largest absolute Gasteiger partial charge is 0.326 e. The van der Waals surface area contributed by atoms with Gasteiger partial charge in [-0.05, 0) is 36.1 Å². The summed E-state index contributed by atoms with van der Waals surface area (Å²) in [5, 5.41) is 2.80. The van der Waals surface area contributed by atoms with Gasteiger partial charge < -0.3 is 10.2 Å². The quantitative estimate of drug-likeness (QED) is 0.747. The number of carbonyl (C=O) groups is 3. The number of hydrogen-bond donors (Lipinski definition) is 1. The summed E-state index contributed by atoms with van der Waals surface area (Å²) in [6.45, 7) is 9.56. The Morgan fingerprint density at radius 2 is 1.64 bits per heavy atom. The van der Waals surface area contributed by atoms with Gasteiger partial charge in [0.25, 0.3) is 0 Å². The molecule has 0 aliphatic carbocycles. The second-order valence-electron chi connectivity index (χ2n) is 7.87. The first-order chi connectivity index (χ1) is 13.1. The van der Waals surface area contributed by atoms with Gasteiger partial charge in [-0.2, -0.15) is 0 Å². The molecule has 0 saturated heterocycles. The average Bonchev–Trinajstić information content (AvgIpc) is 2.61. The van der Waals surface area contributed by atoms with E-state index in [0.717, 1.165) is 11.3 Å². The summed E-state index contributed by atoms with van der Waals surface area (Å²) in [4.78, 5) is 37.8. The molecule has 0 aliphatic heterocycles. The Morgan fingerprint density at radius 3 is 2.25 bits per heavy atom. The van der Waals surface area contributed by atoms with Crippen LogP contribution in [0.15, 0.2) is 48.5 Å². The molecule has 0 aliphatic rings. The van der Waals surface area contributed by atoms with Crippen LogP contribution in [-0.2, 0) is 15.0 Å². The highest BCUT2D eigenvalue weighted by molar-refractivity contribution is 5.98. The molecule has 148 valence electrons. The molecular weight excluding hydrogens is 352 g/mol. The number of rotatable bonds is 6. The number of hydrogen-bond acceptors (Lipinski definition) is 3. The van der Waals surface area contributed by atoms with Crippen molar-refractivity contribution >= 4 is 29.0 Å². The third-order valence-electron chi connectivity index (χ3n) is 4.50. The molecule has 0 saturated carbocycles. The van der Waals surface area contributed by atoms with E-state index >= 15 is 0 Å². The van der Waals surface area contributed by atoms with E-state index in [9.17, 15) is 14.4 Å². The van der Waals surface area contributed by atoms with Crippen molar-refractivity contribution in [2.75, 3.05) is 16.8 Å². The van der Waals surface area contributed by atoms with Crippen molar-refractivity contribution in [3.05, 3.63) is 59.7 Å². The Morgan fingerprint density at radius 1 is 0.964 bits per heavy atom. The van der Waals surface area contributed by atoms with E-state index in [1.54, 1.807) is 29.2 Å². The fourth-order valence-electron chi connectivity index (χ4n) is 3.04. The molecule has 0 aromatic heterocycles. The number of carbonyl (C=O) groups excluding carboxylic acids is 3. The van der Waals surface area contributed by atoms with Crippen molar-refractivity contribution in [2.24, 2.45) is 0 Å². The smallest absolute Gasteiger partial charge is 0.226 e. The van der Waals surface area contributed by atoms with Gasteiger partial charge >= 0.3 is 0 Å². The van der Waals surface area contributed by atoms with Crippen molar-refractivity contribution in [3.63, 3.8) is 0 Å². The van der Waals surface area contributed by atoms with Crippen LogP contribution >= 0.6 is 0 Å². The topological polar surface area (TPSA) is 66.5 Å². The Balaban J connectivity index is 2.13. The van der Waals surface area contributed by atoms with Crippen molar-refractivity contribution in [1.29, 1.82) is 0 Å². The fraction of sp³-hybridized carbons (Fsp3) is 0.348. The van der Waals surface area contributed by atoms with E-state index in [2.05, 4.69) is 26.1 Å². The molecule has 5 heteroatoms. The Labute approximate surface area is 166 Å². The minimum absolute atomic E-state index is 0.0577. The summed E-state index contributed by atoms with van der Waals surface area (Å²) >= 11 is 0. The Hall–Kier alpha value is -2.95. The minimum Gasteiger partial charge on any atom is -0.326 e. The zero-order valence-electron chi connectivity index (χ0n) is 17.2. The van der Waals surface area contributed by atoms with Gasteiger partial charge in [-0.3, -0.25) is 14.4 Å². The number of nitrogens with one attached hydrogen (secondary N) is 1. The van der Waals surface area contributed by atoms with Crippen molar-refractivity contribution in [1.82, 2.24) is 0 Å². The van der Waals surface area contributed by atoms with Crippen LogP contribution in [0.5, 0.6) is 0 Å². The molecule has 2 aromatic rings. The third-order valence-corrected chi connectivity index (χ3v) is 4.50. The first kappa shape index (κ1) is 21.4. The molecule has 0 heterocycles. The second-order valence-corrected chi connectivity index (χ2v) is 7.87. The van der Waals surface area contributed by atoms with E-state index in [4.69, 9.17) is 0 Å². The number of amides is 2. The average molecular weight is 380 g/mol. The van der Waals surface area contributed by atoms with Crippen LogP contribution in [0.3, 0.4) is 0 Å². The highest BCUT2D eigenvalue weighted by Gasteiger charge is 2.23. The molecule has 0 spiro atoms. The lowest BCUT2D eigenvalue weighted by molar-refractivity contribution is -0.117. The molecule has 1 N–H and O–H groups in total. The highest BCUT2D eigenvalue weighted by atomic mass is 16.2. The number of benzene rings is 2. The molecule has 2 rings (SSSR count). The van der Waals surface area contributed by atoms with Gasteiger partial charge in [0.2, 0.25) is 11.8 Å². The lowest BCUT2D eigenvalue weighted by atomic mass is 9.85. The van der Waals surface area contributed by atoms with Gasteiger partial charge in [0.15, 0.2) is 5.78 Å². The van der Waals surface area contributed by atoms with Gasteiger partial charge in [-0.15, -0.1) is 0 Å². The van der Waals surface area contributed by atoms with E-state index in [0.29, 0.717) is 11.3 Å². The molecule has 28 heavy (non-hydrogen) atoms. The van der Waals surface area contributed by atoms with Crippen LogP contribution in [-0.4, -0.2) is 24.1 Å². The summed E-state index contributed by atoms with van der Waals surface area (Å²) in [5.74, 6) is -0.374. The molecule has 0 atom stereocenters. The number of ketones is 1. The van der Waals surface area contributed by atoms with Crippen LogP contribution in [0.1, 0.15) is 57.0 Å². The van der Waals surface area contributed by atoms with Crippen molar-refractivity contribution in [2.45, 2.75) is 46.5 Å².